The average molecular weight is 381 g/mol. The van der Waals surface area contributed by atoms with E-state index in [-0.39, 0.29) is 18.8 Å². The number of benzene rings is 2. The van der Waals surface area contributed by atoms with E-state index >= 15 is 0 Å². The molecule has 0 amide bonds. The van der Waals surface area contributed by atoms with Gasteiger partial charge >= 0.3 is 5.97 Å². The van der Waals surface area contributed by atoms with Crippen molar-refractivity contribution in [3.05, 3.63) is 83.6 Å². The van der Waals surface area contributed by atoms with Crippen LogP contribution in [0.1, 0.15) is 22.8 Å². The van der Waals surface area contributed by atoms with Crippen LogP contribution in [-0.2, 0) is 11.3 Å². The Morgan fingerprint density at radius 1 is 0.964 bits per heavy atom. The summed E-state index contributed by atoms with van der Waals surface area (Å²) >= 11 is 0. The maximum Gasteiger partial charge on any atom is 0.340 e. The molecule has 0 aliphatic heterocycles. The van der Waals surface area contributed by atoms with Crippen LogP contribution >= 0.6 is 0 Å². The summed E-state index contributed by atoms with van der Waals surface area (Å²) in [6, 6.07) is 14.5. The largest absolute Gasteiger partial charge is 0.487 e. The molecular formula is C22H17F2NO3. The number of hydrogen-bond acceptors (Lipinski definition) is 3. The summed E-state index contributed by atoms with van der Waals surface area (Å²) in [5, 5.41) is 0.762. The molecule has 142 valence electrons. The standard InChI is InChI=1S/C22H17F2NO3/c1-2-27-22(26)21-15-6-3-4-9-19(15)25-12-14(10-11-20(21)25)28-13-16-17(23)7-5-8-18(16)24/h3-12H,2,13H2,1H3. The molecule has 0 spiro atoms. The summed E-state index contributed by atoms with van der Waals surface area (Å²) in [7, 11) is 0. The lowest BCUT2D eigenvalue weighted by Crippen LogP contribution is -2.05. The lowest BCUT2D eigenvalue weighted by atomic mass is 10.1. The number of carbonyl (C=O) groups excluding carboxylic acids is 1. The highest BCUT2D eigenvalue weighted by Crippen LogP contribution is 2.29. The van der Waals surface area contributed by atoms with Crippen LogP contribution < -0.4 is 4.74 Å². The van der Waals surface area contributed by atoms with Crippen LogP contribution in [0.25, 0.3) is 16.4 Å². The summed E-state index contributed by atoms with van der Waals surface area (Å²) in [5.41, 5.74) is 1.82. The second-order valence-electron chi connectivity index (χ2n) is 6.22. The number of para-hydroxylation sites is 1. The summed E-state index contributed by atoms with van der Waals surface area (Å²) in [4.78, 5) is 12.5. The van der Waals surface area contributed by atoms with Gasteiger partial charge in [-0.2, -0.15) is 0 Å². The molecule has 0 bridgehead atoms. The maximum absolute atomic E-state index is 13.8. The van der Waals surface area contributed by atoms with Crippen LogP contribution in [0.3, 0.4) is 0 Å². The minimum atomic E-state index is -0.655. The molecule has 2 heterocycles. The zero-order valence-electron chi connectivity index (χ0n) is 15.1. The molecule has 28 heavy (non-hydrogen) atoms. The first kappa shape index (κ1) is 18.0. The lowest BCUT2D eigenvalue weighted by Gasteiger charge is -2.09. The SMILES string of the molecule is CCOC(=O)c1c2ccccc2n2cc(OCc3c(F)cccc3F)ccc12. The van der Waals surface area contributed by atoms with E-state index in [4.69, 9.17) is 9.47 Å². The number of nitrogens with zero attached hydrogens (tertiary/aromatic N) is 1. The van der Waals surface area contributed by atoms with Gasteiger partial charge in [0.25, 0.3) is 0 Å². The smallest absolute Gasteiger partial charge is 0.340 e. The Bertz CT molecular complexity index is 1160. The van der Waals surface area contributed by atoms with Crippen LogP contribution in [0, 0.1) is 11.6 Å². The van der Waals surface area contributed by atoms with Crippen LogP contribution in [-0.4, -0.2) is 17.0 Å². The van der Waals surface area contributed by atoms with Crippen LogP contribution in [0.15, 0.2) is 60.8 Å². The first-order valence-corrected chi connectivity index (χ1v) is 8.85. The Kier molecular flexibility index (Phi) is 4.69. The van der Waals surface area contributed by atoms with Gasteiger partial charge < -0.3 is 13.9 Å². The topological polar surface area (TPSA) is 39.9 Å². The fraction of sp³-hybridized carbons (Fsp3) is 0.136. The molecule has 4 rings (SSSR count). The Balaban J connectivity index is 1.75. The minimum absolute atomic E-state index is 0.132. The number of pyridine rings is 1. The van der Waals surface area contributed by atoms with Crippen molar-refractivity contribution in [2.24, 2.45) is 0 Å². The van der Waals surface area contributed by atoms with Crippen LogP contribution in [0.4, 0.5) is 8.78 Å². The molecule has 0 fully saturated rings. The van der Waals surface area contributed by atoms with E-state index in [1.54, 1.807) is 25.3 Å². The van der Waals surface area contributed by atoms with Gasteiger partial charge in [0, 0.05) is 5.39 Å². The van der Waals surface area contributed by atoms with E-state index in [0.29, 0.717) is 16.8 Å². The molecule has 4 aromatic rings. The van der Waals surface area contributed by atoms with Gasteiger partial charge in [-0.3, -0.25) is 0 Å². The van der Waals surface area contributed by atoms with Crippen LogP contribution in [0.5, 0.6) is 5.75 Å². The van der Waals surface area contributed by atoms with E-state index in [0.717, 1.165) is 10.9 Å². The summed E-state index contributed by atoms with van der Waals surface area (Å²) in [5.74, 6) is -1.29. The van der Waals surface area contributed by atoms with Gasteiger partial charge in [-0.1, -0.05) is 24.3 Å². The maximum atomic E-state index is 13.8. The Morgan fingerprint density at radius 2 is 1.71 bits per heavy atom. The fourth-order valence-corrected chi connectivity index (χ4v) is 3.25. The van der Waals surface area contributed by atoms with Crippen molar-refractivity contribution in [2.45, 2.75) is 13.5 Å². The second-order valence-corrected chi connectivity index (χ2v) is 6.22. The molecule has 0 saturated carbocycles. The number of hydrogen-bond donors (Lipinski definition) is 0. The highest BCUT2D eigenvalue weighted by atomic mass is 19.1. The Labute approximate surface area is 159 Å². The second kappa shape index (κ2) is 7.31. The van der Waals surface area contributed by atoms with Crippen molar-refractivity contribution in [2.75, 3.05) is 6.61 Å². The monoisotopic (exact) mass is 381 g/mol. The van der Waals surface area contributed by atoms with Crippen molar-refractivity contribution in [1.82, 2.24) is 4.40 Å². The molecule has 4 nitrogen and oxygen atoms in total. The molecule has 0 aliphatic carbocycles. The number of esters is 1. The third-order valence-corrected chi connectivity index (χ3v) is 4.53. The molecule has 0 unspecified atom stereocenters. The number of halogens is 2. The quantitative estimate of drug-likeness (QED) is 0.450. The van der Waals surface area contributed by atoms with Crippen molar-refractivity contribution < 1.29 is 23.0 Å². The molecule has 0 radical (unpaired) electrons. The minimum Gasteiger partial charge on any atom is -0.487 e. The molecule has 2 aromatic heterocycles. The number of aromatic nitrogens is 1. The lowest BCUT2D eigenvalue weighted by molar-refractivity contribution is 0.0531. The van der Waals surface area contributed by atoms with Gasteiger partial charge in [-0.25, -0.2) is 13.6 Å². The zero-order valence-corrected chi connectivity index (χ0v) is 15.1. The highest BCUT2D eigenvalue weighted by molar-refractivity contribution is 6.11. The van der Waals surface area contributed by atoms with Gasteiger partial charge in [-0.15, -0.1) is 0 Å². The fourth-order valence-electron chi connectivity index (χ4n) is 3.25. The predicted molar refractivity (Wildman–Crippen MR) is 102 cm³/mol. The summed E-state index contributed by atoms with van der Waals surface area (Å²) < 4.78 is 40.2. The first-order chi connectivity index (χ1) is 13.6. The first-order valence-electron chi connectivity index (χ1n) is 8.85. The van der Waals surface area contributed by atoms with E-state index in [1.807, 2.05) is 28.7 Å². The van der Waals surface area contributed by atoms with Gasteiger partial charge in [0.05, 0.1) is 35.0 Å². The van der Waals surface area contributed by atoms with E-state index in [1.165, 1.54) is 18.2 Å². The van der Waals surface area contributed by atoms with Crippen molar-refractivity contribution in [3.8, 4) is 5.75 Å². The third-order valence-electron chi connectivity index (χ3n) is 4.53. The molecule has 0 aliphatic rings. The average Bonchev–Trinajstić information content (AvgIpc) is 3.02. The summed E-state index contributed by atoms with van der Waals surface area (Å²) in [6.45, 7) is 1.79. The molecule has 0 N–H and O–H groups in total. The van der Waals surface area contributed by atoms with Gasteiger partial charge in [0.1, 0.15) is 24.0 Å². The van der Waals surface area contributed by atoms with E-state index in [2.05, 4.69) is 0 Å². The highest BCUT2D eigenvalue weighted by Gasteiger charge is 2.19. The summed E-state index contributed by atoms with van der Waals surface area (Å²) in [6.07, 6.45) is 1.69. The molecule has 2 aromatic carbocycles. The van der Waals surface area contributed by atoms with Gasteiger partial charge in [0.2, 0.25) is 0 Å². The van der Waals surface area contributed by atoms with Crippen molar-refractivity contribution in [3.63, 3.8) is 0 Å². The molecular weight excluding hydrogens is 364 g/mol. The molecule has 0 atom stereocenters. The van der Waals surface area contributed by atoms with Crippen LogP contribution in [0.2, 0.25) is 0 Å². The number of carbonyl (C=O) groups is 1. The van der Waals surface area contributed by atoms with Crippen molar-refractivity contribution >= 4 is 22.4 Å². The third kappa shape index (κ3) is 3.07. The Hall–Kier alpha value is -3.41. The van der Waals surface area contributed by atoms with E-state index < -0.39 is 17.6 Å². The van der Waals surface area contributed by atoms with Gasteiger partial charge in [0.15, 0.2) is 0 Å². The number of ether oxygens (including phenoxy) is 2. The normalized spacial score (nSPS) is 11.1. The molecule has 0 saturated heterocycles. The Morgan fingerprint density at radius 3 is 2.46 bits per heavy atom. The van der Waals surface area contributed by atoms with Gasteiger partial charge in [-0.05, 0) is 37.3 Å². The predicted octanol–water partition coefficient (Wildman–Crippen LogP) is 5.13. The zero-order chi connectivity index (χ0) is 19.7. The van der Waals surface area contributed by atoms with Crippen molar-refractivity contribution in [1.29, 1.82) is 0 Å². The number of fused-ring (bicyclic) bond motifs is 3. The van der Waals surface area contributed by atoms with E-state index in [9.17, 15) is 13.6 Å². The molecule has 6 heteroatoms. The number of rotatable bonds is 5.